The molecular weight excluding hydrogens is 222 g/mol. The number of carbonyl (C=O) groups excluding carboxylic acids is 1. The number of rotatable bonds is 2. The molecule has 12 heavy (non-hydrogen) atoms. The molecule has 0 unspecified atom stereocenters. The average Bonchev–Trinajstić information content (AvgIpc) is 2.30. The Morgan fingerprint density at radius 1 is 1.58 bits per heavy atom. The molecule has 0 radical (unpaired) electrons. The van der Waals surface area contributed by atoms with Crippen LogP contribution < -0.4 is 5.14 Å². The molecule has 0 aliphatic heterocycles. The second-order valence-electron chi connectivity index (χ2n) is 1.93. The molecule has 1 aromatic rings. The number of nitrogens with two attached hydrogens (primary N) is 1. The molecule has 0 bridgehead atoms. The molecule has 0 saturated heterocycles. The van der Waals surface area contributed by atoms with Crippen LogP contribution in [0.4, 0.5) is 0 Å². The van der Waals surface area contributed by atoms with Crippen molar-refractivity contribution in [2.24, 2.45) is 5.14 Å². The summed E-state index contributed by atoms with van der Waals surface area (Å²) >= 11 is 6.05. The first-order valence-corrected chi connectivity index (χ1v) is 5.53. The minimum Gasteiger partial charge on any atom is -0.275 e. The quantitative estimate of drug-likeness (QED) is 0.756. The molecular formula is C5H4ClNO3S2. The highest BCUT2D eigenvalue weighted by Crippen LogP contribution is 2.22. The molecule has 1 aromatic heterocycles. The van der Waals surface area contributed by atoms with E-state index in [4.69, 9.17) is 16.7 Å². The van der Waals surface area contributed by atoms with Crippen LogP contribution in [0, 0.1) is 0 Å². The molecule has 0 aliphatic rings. The molecule has 1 rings (SSSR count). The van der Waals surface area contributed by atoms with E-state index in [0.717, 1.165) is 11.3 Å². The predicted octanol–water partition coefficient (Wildman–Crippen LogP) is 0.775. The zero-order chi connectivity index (χ0) is 9.35. The fourth-order valence-corrected chi connectivity index (χ4v) is 2.76. The molecule has 2 N–H and O–H groups in total. The van der Waals surface area contributed by atoms with Crippen LogP contribution in [0.1, 0.15) is 9.67 Å². The Balaban J connectivity index is 3.36. The smallest absolute Gasteiger partial charge is 0.263 e. The third kappa shape index (κ3) is 1.84. The number of sulfonamides is 1. The molecule has 0 spiro atoms. The molecule has 0 aliphatic carbocycles. The molecule has 0 fully saturated rings. The topological polar surface area (TPSA) is 77.2 Å². The minimum absolute atomic E-state index is 0.0424. The Morgan fingerprint density at radius 3 is 2.50 bits per heavy atom. The number of thiophene rings is 1. The van der Waals surface area contributed by atoms with Crippen LogP contribution >= 0.6 is 22.9 Å². The van der Waals surface area contributed by atoms with E-state index in [-0.39, 0.29) is 9.77 Å². The lowest BCUT2D eigenvalue weighted by atomic mass is 10.5. The Labute approximate surface area is 78.0 Å². The third-order valence-corrected chi connectivity index (χ3v) is 3.41. The maximum atomic E-state index is 10.8. The number of hydrogen-bond acceptors (Lipinski definition) is 4. The van der Waals surface area contributed by atoms with Crippen LogP contribution in [-0.2, 0) is 10.0 Å². The fraction of sp³-hybridized carbons (Fsp3) is 0. The average molecular weight is 226 g/mol. The summed E-state index contributed by atoms with van der Waals surface area (Å²) in [5, 5.41) is 5.44. The first-order valence-electron chi connectivity index (χ1n) is 2.73. The van der Waals surface area contributed by atoms with Gasteiger partial charge in [-0.05, 0) is 23.0 Å². The Hall–Kier alpha value is -0.430. The number of hydrogen-bond donors (Lipinski definition) is 1. The standard InChI is InChI=1S/C5H4ClNO3S2/c6-5(8)4-3(1-2-11-4)12(7,9)10/h1-2H,(H2,7,9,10). The van der Waals surface area contributed by atoms with E-state index in [0.29, 0.717) is 0 Å². The second-order valence-corrected chi connectivity index (χ2v) is 4.72. The number of halogens is 1. The minimum atomic E-state index is -3.83. The van der Waals surface area contributed by atoms with Crippen LogP contribution in [-0.4, -0.2) is 13.7 Å². The Bertz CT molecular complexity index is 408. The summed E-state index contributed by atoms with van der Waals surface area (Å²) in [6, 6.07) is 1.25. The van der Waals surface area contributed by atoms with E-state index in [1.54, 1.807) is 0 Å². The van der Waals surface area contributed by atoms with Crippen molar-refractivity contribution in [1.82, 2.24) is 0 Å². The third-order valence-electron chi connectivity index (χ3n) is 1.11. The van der Waals surface area contributed by atoms with Gasteiger partial charge in [0.25, 0.3) is 5.24 Å². The van der Waals surface area contributed by atoms with Crippen molar-refractivity contribution < 1.29 is 13.2 Å². The largest absolute Gasteiger partial charge is 0.275 e. The maximum absolute atomic E-state index is 10.8. The molecule has 0 atom stereocenters. The van der Waals surface area contributed by atoms with Crippen molar-refractivity contribution in [1.29, 1.82) is 0 Å². The molecule has 66 valence electrons. The second kappa shape index (κ2) is 3.14. The van der Waals surface area contributed by atoms with E-state index in [2.05, 4.69) is 0 Å². The first-order chi connectivity index (χ1) is 5.43. The van der Waals surface area contributed by atoms with E-state index < -0.39 is 15.3 Å². The van der Waals surface area contributed by atoms with Gasteiger partial charge in [0.1, 0.15) is 9.77 Å². The number of primary sulfonamides is 1. The fourth-order valence-electron chi connectivity index (χ4n) is 0.665. The predicted molar refractivity (Wildman–Crippen MR) is 45.9 cm³/mol. The van der Waals surface area contributed by atoms with Crippen LogP contribution in [0.15, 0.2) is 16.3 Å². The lowest BCUT2D eigenvalue weighted by Crippen LogP contribution is -2.13. The molecule has 1 heterocycles. The molecule has 0 amide bonds. The summed E-state index contributed by atoms with van der Waals surface area (Å²) in [4.78, 5) is 10.4. The summed E-state index contributed by atoms with van der Waals surface area (Å²) in [5.41, 5.74) is 0. The van der Waals surface area contributed by atoms with Gasteiger partial charge in [0.05, 0.1) is 0 Å². The summed E-state index contributed by atoms with van der Waals surface area (Å²) in [6.45, 7) is 0. The van der Waals surface area contributed by atoms with Gasteiger partial charge in [-0.3, -0.25) is 4.79 Å². The van der Waals surface area contributed by atoms with Crippen LogP contribution in [0.5, 0.6) is 0 Å². The molecule has 7 heteroatoms. The van der Waals surface area contributed by atoms with Crippen molar-refractivity contribution in [2.75, 3.05) is 0 Å². The van der Waals surface area contributed by atoms with Gasteiger partial charge in [0.2, 0.25) is 10.0 Å². The Kier molecular flexibility index (Phi) is 2.52. The highest BCUT2D eigenvalue weighted by Gasteiger charge is 2.18. The first kappa shape index (κ1) is 9.66. The summed E-state index contributed by atoms with van der Waals surface area (Å²) in [6.07, 6.45) is 0. The van der Waals surface area contributed by atoms with Gasteiger partial charge >= 0.3 is 0 Å². The van der Waals surface area contributed by atoms with Crippen LogP contribution in [0.2, 0.25) is 0 Å². The monoisotopic (exact) mass is 225 g/mol. The van der Waals surface area contributed by atoms with Gasteiger partial charge in [0, 0.05) is 0 Å². The SMILES string of the molecule is NS(=O)(=O)c1ccsc1C(=O)Cl. The van der Waals surface area contributed by atoms with E-state index in [9.17, 15) is 13.2 Å². The van der Waals surface area contributed by atoms with Gasteiger partial charge < -0.3 is 0 Å². The summed E-state index contributed by atoms with van der Waals surface area (Å²) in [7, 11) is -3.83. The number of carbonyl (C=O) groups is 1. The molecule has 4 nitrogen and oxygen atoms in total. The zero-order valence-corrected chi connectivity index (χ0v) is 8.04. The lowest BCUT2D eigenvalue weighted by Gasteiger charge is -1.94. The van der Waals surface area contributed by atoms with E-state index >= 15 is 0 Å². The molecule has 0 aromatic carbocycles. The van der Waals surface area contributed by atoms with E-state index in [1.807, 2.05) is 0 Å². The molecule has 0 saturated carbocycles. The summed E-state index contributed by atoms with van der Waals surface area (Å²) in [5.74, 6) is 0. The van der Waals surface area contributed by atoms with Crippen molar-refractivity contribution in [3.63, 3.8) is 0 Å². The van der Waals surface area contributed by atoms with Crippen molar-refractivity contribution >= 4 is 38.2 Å². The van der Waals surface area contributed by atoms with Gasteiger partial charge in [-0.1, -0.05) is 0 Å². The van der Waals surface area contributed by atoms with Gasteiger partial charge in [-0.2, -0.15) is 0 Å². The van der Waals surface area contributed by atoms with Crippen molar-refractivity contribution in [3.05, 3.63) is 16.3 Å². The van der Waals surface area contributed by atoms with Crippen molar-refractivity contribution in [3.8, 4) is 0 Å². The highest BCUT2D eigenvalue weighted by atomic mass is 35.5. The zero-order valence-electron chi connectivity index (χ0n) is 5.65. The lowest BCUT2D eigenvalue weighted by molar-refractivity contribution is 0.108. The van der Waals surface area contributed by atoms with Gasteiger partial charge in [-0.25, -0.2) is 13.6 Å². The maximum Gasteiger partial charge on any atom is 0.263 e. The highest BCUT2D eigenvalue weighted by molar-refractivity contribution is 7.89. The van der Waals surface area contributed by atoms with E-state index in [1.165, 1.54) is 11.4 Å². The van der Waals surface area contributed by atoms with Gasteiger partial charge in [-0.15, -0.1) is 11.3 Å². The van der Waals surface area contributed by atoms with Crippen LogP contribution in [0.3, 0.4) is 0 Å². The van der Waals surface area contributed by atoms with Gasteiger partial charge in [0.15, 0.2) is 0 Å². The Morgan fingerprint density at radius 2 is 2.17 bits per heavy atom. The summed E-state index contributed by atoms with van der Waals surface area (Å²) < 4.78 is 21.6. The van der Waals surface area contributed by atoms with Crippen LogP contribution in [0.25, 0.3) is 0 Å². The normalized spacial score (nSPS) is 11.5. The van der Waals surface area contributed by atoms with Crippen molar-refractivity contribution in [2.45, 2.75) is 4.90 Å².